The SMILES string of the molecule is CC/C=C\C/C=C\C/C=C\C/C=C\C/C=C\C/C=C\CCCCCCCC(O)C(=O)NC(COC1OC(CO)C(O)C(O)C1OC(=O)CCCCC/C=C\C/C=C\C/C=C\C/C=C\CCCCC)C(O)/C=C/CCCCCCCCCCCC. The van der Waals surface area contributed by atoms with Gasteiger partial charge in [0.05, 0.1) is 25.4 Å². The van der Waals surface area contributed by atoms with Gasteiger partial charge in [0, 0.05) is 6.42 Å². The van der Waals surface area contributed by atoms with E-state index in [0.29, 0.717) is 12.8 Å². The Morgan fingerprint density at radius 3 is 1.31 bits per heavy atom. The fraction of sp³-hybridized carbons (Fsp3) is 0.671. The maximum Gasteiger partial charge on any atom is 0.306 e. The number of esters is 1. The second-order valence-electron chi connectivity index (χ2n) is 22.5. The van der Waals surface area contributed by atoms with Crippen LogP contribution in [0.1, 0.15) is 252 Å². The molecule has 1 saturated heterocycles. The Morgan fingerprint density at radius 1 is 0.476 bits per heavy atom. The third kappa shape index (κ3) is 46.1. The molecule has 0 spiro atoms. The fourth-order valence-corrected chi connectivity index (χ4v) is 9.52. The summed E-state index contributed by atoms with van der Waals surface area (Å²) in [5, 5.41) is 57.1. The van der Waals surface area contributed by atoms with E-state index in [1.807, 2.05) is 6.08 Å². The average molecular weight is 1170 g/mol. The molecule has 478 valence electrons. The molecule has 1 aliphatic heterocycles. The van der Waals surface area contributed by atoms with Crippen LogP contribution in [-0.2, 0) is 23.8 Å². The maximum atomic E-state index is 13.5. The Bertz CT molecular complexity index is 1880. The summed E-state index contributed by atoms with van der Waals surface area (Å²) in [4.78, 5) is 26.6. The van der Waals surface area contributed by atoms with Gasteiger partial charge in [0.2, 0.25) is 5.91 Å². The zero-order chi connectivity index (χ0) is 61.0. The van der Waals surface area contributed by atoms with E-state index in [4.69, 9.17) is 14.2 Å². The first-order valence-electron chi connectivity index (χ1n) is 33.5. The van der Waals surface area contributed by atoms with Crippen molar-refractivity contribution in [1.29, 1.82) is 0 Å². The summed E-state index contributed by atoms with van der Waals surface area (Å²) in [5.74, 6) is -1.25. The number of nitrogens with one attached hydrogen (secondary N) is 1. The number of carbonyl (C=O) groups excluding carboxylic acids is 2. The highest BCUT2D eigenvalue weighted by molar-refractivity contribution is 5.80. The van der Waals surface area contributed by atoms with Crippen LogP contribution in [-0.4, -0.2) is 99.6 Å². The maximum absolute atomic E-state index is 13.5. The minimum Gasteiger partial charge on any atom is -0.454 e. The minimum absolute atomic E-state index is 0.0769. The van der Waals surface area contributed by atoms with Crippen molar-refractivity contribution in [2.75, 3.05) is 13.2 Å². The summed E-state index contributed by atoms with van der Waals surface area (Å²) in [6.45, 7) is 5.61. The van der Waals surface area contributed by atoms with Crippen molar-refractivity contribution in [3.63, 3.8) is 0 Å². The van der Waals surface area contributed by atoms with Crippen LogP contribution in [0.2, 0.25) is 0 Å². The van der Waals surface area contributed by atoms with Gasteiger partial charge in [-0.05, 0) is 122 Å². The zero-order valence-corrected chi connectivity index (χ0v) is 53.0. The number of amides is 1. The average Bonchev–Trinajstić information content (AvgIpc) is 3.54. The Labute approximate surface area is 512 Å². The molecule has 8 atom stereocenters. The van der Waals surface area contributed by atoms with Crippen molar-refractivity contribution in [3.8, 4) is 0 Å². The van der Waals surface area contributed by atoms with Gasteiger partial charge < -0.3 is 45.1 Å². The van der Waals surface area contributed by atoms with Crippen LogP contribution >= 0.6 is 0 Å². The molecule has 0 saturated carbocycles. The topological polar surface area (TPSA) is 175 Å². The van der Waals surface area contributed by atoms with Crippen LogP contribution in [0.4, 0.5) is 0 Å². The third-order valence-corrected chi connectivity index (χ3v) is 14.8. The lowest BCUT2D eigenvalue weighted by Crippen LogP contribution is -2.61. The van der Waals surface area contributed by atoms with Gasteiger partial charge in [0.1, 0.15) is 24.4 Å². The van der Waals surface area contributed by atoms with Crippen LogP contribution in [0.25, 0.3) is 0 Å². The number of hydrogen-bond acceptors (Lipinski definition) is 10. The highest BCUT2D eigenvalue weighted by Gasteiger charge is 2.47. The molecule has 1 rings (SSSR count). The molecule has 11 nitrogen and oxygen atoms in total. The van der Waals surface area contributed by atoms with Crippen molar-refractivity contribution >= 4 is 11.9 Å². The molecular weight excluding hydrogens is 1050 g/mol. The number of allylic oxidation sites excluding steroid dienone is 21. The Balaban J connectivity index is 2.67. The minimum atomic E-state index is -1.64. The lowest BCUT2D eigenvalue weighted by atomic mass is 9.99. The quantitative estimate of drug-likeness (QED) is 0.0195. The number of rotatable bonds is 55. The molecule has 1 aliphatic rings. The van der Waals surface area contributed by atoms with E-state index in [0.717, 1.165) is 141 Å². The zero-order valence-electron chi connectivity index (χ0n) is 53.0. The molecule has 0 aromatic rings. The predicted octanol–water partition coefficient (Wildman–Crippen LogP) is 16.8. The Kier molecular flexibility index (Phi) is 54.8. The summed E-state index contributed by atoms with van der Waals surface area (Å²) < 4.78 is 17.6. The van der Waals surface area contributed by atoms with Gasteiger partial charge in [-0.3, -0.25) is 9.59 Å². The summed E-state index contributed by atoms with van der Waals surface area (Å²) in [7, 11) is 0. The van der Waals surface area contributed by atoms with Crippen molar-refractivity contribution in [1.82, 2.24) is 5.32 Å². The summed E-state index contributed by atoms with van der Waals surface area (Å²) >= 11 is 0. The molecule has 6 N–H and O–H groups in total. The molecule has 0 radical (unpaired) electrons. The normalized spacial score (nSPS) is 19.4. The summed E-state index contributed by atoms with van der Waals surface area (Å²) in [5.41, 5.74) is 0. The monoisotopic (exact) mass is 1170 g/mol. The van der Waals surface area contributed by atoms with Crippen LogP contribution in [0.15, 0.2) is 134 Å². The third-order valence-electron chi connectivity index (χ3n) is 14.8. The van der Waals surface area contributed by atoms with Gasteiger partial charge in [-0.1, -0.05) is 257 Å². The Morgan fingerprint density at radius 2 is 0.857 bits per heavy atom. The van der Waals surface area contributed by atoms with Crippen molar-refractivity contribution in [2.45, 2.75) is 301 Å². The van der Waals surface area contributed by atoms with Gasteiger partial charge in [-0.2, -0.15) is 0 Å². The molecule has 0 bridgehead atoms. The van der Waals surface area contributed by atoms with E-state index in [1.54, 1.807) is 6.08 Å². The molecule has 8 unspecified atom stereocenters. The second-order valence-corrected chi connectivity index (χ2v) is 22.5. The smallest absolute Gasteiger partial charge is 0.306 e. The first-order chi connectivity index (χ1) is 41.2. The summed E-state index contributed by atoms with van der Waals surface area (Å²) in [6, 6.07) is -1.05. The van der Waals surface area contributed by atoms with Gasteiger partial charge in [0.15, 0.2) is 12.4 Å². The lowest BCUT2D eigenvalue weighted by molar-refractivity contribution is -0.305. The highest BCUT2D eigenvalue weighted by Crippen LogP contribution is 2.26. The molecule has 0 aromatic heterocycles. The first kappa shape index (κ1) is 77.8. The van der Waals surface area contributed by atoms with E-state index >= 15 is 0 Å². The molecule has 1 fully saturated rings. The molecule has 0 aromatic carbocycles. The molecule has 1 heterocycles. The van der Waals surface area contributed by atoms with Crippen molar-refractivity contribution in [3.05, 3.63) is 134 Å². The van der Waals surface area contributed by atoms with Crippen molar-refractivity contribution < 1.29 is 49.3 Å². The molecule has 1 amide bonds. The van der Waals surface area contributed by atoms with E-state index in [9.17, 15) is 35.1 Å². The molecule has 11 heteroatoms. The molecule has 0 aliphatic carbocycles. The number of aliphatic hydroxyl groups excluding tert-OH is 5. The highest BCUT2D eigenvalue weighted by atomic mass is 16.7. The molecular formula is C73H121NO10. The van der Waals surface area contributed by atoms with E-state index in [-0.39, 0.29) is 19.4 Å². The van der Waals surface area contributed by atoms with E-state index in [1.165, 1.54) is 64.2 Å². The molecule has 84 heavy (non-hydrogen) atoms. The van der Waals surface area contributed by atoms with Gasteiger partial charge in [-0.25, -0.2) is 0 Å². The first-order valence-corrected chi connectivity index (χ1v) is 33.5. The van der Waals surface area contributed by atoms with Crippen LogP contribution in [0, 0.1) is 0 Å². The Hall–Kier alpha value is -4.20. The number of ether oxygens (including phenoxy) is 3. The second kappa shape index (κ2) is 59.1. The largest absolute Gasteiger partial charge is 0.454 e. The van der Waals surface area contributed by atoms with Crippen LogP contribution in [0.3, 0.4) is 0 Å². The van der Waals surface area contributed by atoms with Gasteiger partial charge in [-0.15, -0.1) is 0 Å². The number of hydrogen-bond donors (Lipinski definition) is 6. The predicted molar refractivity (Wildman–Crippen MR) is 351 cm³/mol. The van der Waals surface area contributed by atoms with Crippen LogP contribution in [0.5, 0.6) is 0 Å². The summed E-state index contributed by atoms with van der Waals surface area (Å²) in [6.07, 6.45) is 73.3. The van der Waals surface area contributed by atoms with Crippen LogP contribution < -0.4 is 5.32 Å². The fourth-order valence-electron chi connectivity index (χ4n) is 9.52. The van der Waals surface area contributed by atoms with Gasteiger partial charge in [0.25, 0.3) is 0 Å². The van der Waals surface area contributed by atoms with Gasteiger partial charge >= 0.3 is 5.97 Å². The standard InChI is InChI=1S/C73H121NO10/c1-4-7-10-13-16-19-22-25-27-29-31-32-33-34-35-37-38-40-42-45-48-51-54-57-60-66(77)72(81)74-64(65(76)59-56-53-50-47-44-24-21-18-15-12-9-6-3)63-82-73-71(70(80)69(79)67(62-75)83-73)84-68(78)61-58-55-52-49-46-43-41-39-36-30-28-26-23-20-17-14-11-8-5-2/h7,10,16-17,19-20,25-28,31-32,34-36,38-40,43,46,56,59,64-67,69-71,73,75-77,79-80H,4-6,8-9,11-15,18,21-24,29-30,33,37,41-42,44-45,47-55,57-58,60-63H2,1-3H3,(H,74,81)/b10-7-,19-16-,20-17-,27-25-,28-26-,32-31-,35-34-,39-36-,40-38-,46-43-,59-56+. The van der Waals surface area contributed by atoms with Crippen molar-refractivity contribution in [2.24, 2.45) is 0 Å². The lowest BCUT2D eigenvalue weighted by Gasteiger charge is -2.41. The van der Waals surface area contributed by atoms with E-state index < -0.39 is 67.4 Å². The number of aliphatic hydroxyl groups is 5. The number of unbranched alkanes of at least 4 members (excludes halogenated alkanes) is 21. The van der Waals surface area contributed by atoms with E-state index in [2.05, 4.69) is 148 Å². The number of carbonyl (C=O) groups is 2.